The standard InChI is InChI=1S/C18H18ClN3/c1-14-4-2-5-15(8-14)10-20-18-12-22(13-21-18)11-16-6-3-7-17(19)9-16/h2-9,12-13,20H,10-11H2,1H3. The summed E-state index contributed by atoms with van der Waals surface area (Å²) in [6.45, 7) is 3.64. The first-order chi connectivity index (χ1) is 10.7. The summed E-state index contributed by atoms with van der Waals surface area (Å²) < 4.78 is 2.05. The predicted octanol–water partition coefficient (Wildman–Crippen LogP) is 4.51. The highest BCUT2D eigenvalue weighted by Gasteiger charge is 2.01. The topological polar surface area (TPSA) is 29.9 Å². The number of aromatic nitrogens is 2. The van der Waals surface area contributed by atoms with E-state index in [9.17, 15) is 0 Å². The van der Waals surface area contributed by atoms with Crippen LogP contribution in [0.15, 0.2) is 61.1 Å². The molecule has 3 rings (SSSR count). The Morgan fingerprint density at radius 2 is 1.91 bits per heavy atom. The third-order valence-electron chi connectivity index (χ3n) is 3.44. The second-order valence-electron chi connectivity index (χ2n) is 5.40. The second-order valence-corrected chi connectivity index (χ2v) is 5.84. The molecule has 1 N–H and O–H groups in total. The fourth-order valence-electron chi connectivity index (χ4n) is 2.40. The van der Waals surface area contributed by atoms with Gasteiger partial charge in [0.05, 0.1) is 6.33 Å². The minimum Gasteiger partial charge on any atom is -0.365 e. The van der Waals surface area contributed by atoms with Crippen molar-refractivity contribution in [1.29, 1.82) is 0 Å². The lowest BCUT2D eigenvalue weighted by Crippen LogP contribution is -2.00. The third-order valence-corrected chi connectivity index (χ3v) is 3.68. The molecule has 0 spiro atoms. The van der Waals surface area contributed by atoms with E-state index in [1.54, 1.807) is 0 Å². The molecule has 0 saturated heterocycles. The Labute approximate surface area is 135 Å². The zero-order chi connectivity index (χ0) is 15.4. The van der Waals surface area contributed by atoms with Crippen LogP contribution in [0.4, 0.5) is 5.82 Å². The molecule has 0 bridgehead atoms. The van der Waals surface area contributed by atoms with Gasteiger partial charge in [0, 0.05) is 24.3 Å². The van der Waals surface area contributed by atoms with Gasteiger partial charge in [-0.25, -0.2) is 4.98 Å². The quantitative estimate of drug-likeness (QED) is 0.751. The Morgan fingerprint density at radius 1 is 1.09 bits per heavy atom. The van der Waals surface area contributed by atoms with Crippen molar-refractivity contribution in [3.8, 4) is 0 Å². The highest BCUT2D eigenvalue weighted by Crippen LogP contribution is 2.13. The van der Waals surface area contributed by atoms with Crippen LogP contribution in [0, 0.1) is 6.92 Å². The number of halogens is 1. The molecular formula is C18H18ClN3. The molecule has 4 heteroatoms. The fourth-order valence-corrected chi connectivity index (χ4v) is 2.61. The Kier molecular flexibility index (Phi) is 4.45. The summed E-state index contributed by atoms with van der Waals surface area (Å²) in [7, 11) is 0. The lowest BCUT2D eigenvalue weighted by molar-refractivity contribution is 0.797. The Morgan fingerprint density at radius 3 is 2.73 bits per heavy atom. The molecule has 112 valence electrons. The van der Waals surface area contributed by atoms with Crippen LogP contribution >= 0.6 is 11.6 Å². The summed E-state index contributed by atoms with van der Waals surface area (Å²) in [6.07, 6.45) is 3.84. The minimum absolute atomic E-state index is 0.760. The van der Waals surface area contributed by atoms with Gasteiger partial charge in [-0.05, 0) is 30.2 Å². The van der Waals surface area contributed by atoms with E-state index in [0.29, 0.717) is 0 Å². The van der Waals surface area contributed by atoms with E-state index in [1.807, 2.05) is 35.3 Å². The lowest BCUT2D eigenvalue weighted by Gasteiger charge is -2.04. The maximum Gasteiger partial charge on any atom is 0.144 e. The molecule has 0 aliphatic rings. The van der Waals surface area contributed by atoms with Crippen LogP contribution in [-0.2, 0) is 13.1 Å². The summed E-state index contributed by atoms with van der Waals surface area (Å²) in [5, 5.41) is 4.11. The van der Waals surface area contributed by atoms with Crippen LogP contribution in [0.3, 0.4) is 0 Å². The van der Waals surface area contributed by atoms with E-state index in [-0.39, 0.29) is 0 Å². The minimum atomic E-state index is 0.760. The van der Waals surface area contributed by atoms with Crippen LogP contribution in [0.25, 0.3) is 0 Å². The lowest BCUT2D eigenvalue weighted by atomic mass is 10.1. The van der Waals surface area contributed by atoms with E-state index < -0.39 is 0 Å². The Balaban J connectivity index is 1.61. The molecule has 1 heterocycles. The summed E-state index contributed by atoms with van der Waals surface area (Å²) >= 11 is 6.01. The van der Waals surface area contributed by atoms with Gasteiger partial charge in [-0.2, -0.15) is 0 Å². The summed E-state index contributed by atoms with van der Waals surface area (Å²) in [5.41, 5.74) is 3.69. The number of imidazole rings is 1. The van der Waals surface area contributed by atoms with Gasteiger partial charge < -0.3 is 9.88 Å². The number of anilines is 1. The van der Waals surface area contributed by atoms with Crippen LogP contribution in [0.2, 0.25) is 5.02 Å². The molecule has 3 nitrogen and oxygen atoms in total. The number of hydrogen-bond acceptors (Lipinski definition) is 2. The molecule has 0 atom stereocenters. The van der Waals surface area contributed by atoms with E-state index in [1.165, 1.54) is 11.1 Å². The predicted molar refractivity (Wildman–Crippen MR) is 91.3 cm³/mol. The van der Waals surface area contributed by atoms with Gasteiger partial charge in [0.1, 0.15) is 5.82 Å². The van der Waals surface area contributed by atoms with E-state index in [4.69, 9.17) is 11.6 Å². The average Bonchev–Trinajstić information content (AvgIpc) is 2.93. The Hall–Kier alpha value is -2.26. The van der Waals surface area contributed by atoms with Crippen molar-refractivity contribution in [2.45, 2.75) is 20.0 Å². The van der Waals surface area contributed by atoms with Crippen molar-refractivity contribution in [3.63, 3.8) is 0 Å². The van der Waals surface area contributed by atoms with Crippen LogP contribution < -0.4 is 5.32 Å². The number of nitrogens with zero attached hydrogens (tertiary/aromatic N) is 2. The highest BCUT2D eigenvalue weighted by molar-refractivity contribution is 6.30. The molecule has 3 aromatic rings. The van der Waals surface area contributed by atoms with Gasteiger partial charge in [-0.1, -0.05) is 53.6 Å². The van der Waals surface area contributed by atoms with Gasteiger partial charge in [-0.15, -0.1) is 0 Å². The van der Waals surface area contributed by atoms with Crippen molar-refractivity contribution in [3.05, 3.63) is 82.8 Å². The SMILES string of the molecule is Cc1cccc(CNc2cn(Cc3cccc(Cl)c3)cn2)c1. The molecule has 0 aliphatic heterocycles. The number of benzene rings is 2. The van der Waals surface area contributed by atoms with Crippen LogP contribution in [-0.4, -0.2) is 9.55 Å². The van der Waals surface area contributed by atoms with Gasteiger partial charge in [0.2, 0.25) is 0 Å². The van der Waals surface area contributed by atoms with Gasteiger partial charge in [0.25, 0.3) is 0 Å². The van der Waals surface area contributed by atoms with E-state index in [0.717, 1.165) is 29.5 Å². The molecule has 0 amide bonds. The van der Waals surface area contributed by atoms with E-state index >= 15 is 0 Å². The Bertz CT molecular complexity index is 764. The van der Waals surface area contributed by atoms with Gasteiger partial charge in [0.15, 0.2) is 0 Å². The zero-order valence-electron chi connectivity index (χ0n) is 12.5. The number of rotatable bonds is 5. The first kappa shape index (κ1) is 14.7. The van der Waals surface area contributed by atoms with E-state index in [2.05, 4.69) is 47.6 Å². The van der Waals surface area contributed by atoms with Crippen molar-refractivity contribution in [2.75, 3.05) is 5.32 Å². The molecule has 22 heavy (non-hydrogen) atoms. The third kappa shape index (κ3) is 3.89. The van der Waals surface area contributed by atoms with Crippen molar-refractivity contribution in [1.82, 2.24) is 9.55 Å². The molecule has 0 aliphatic carbocycles. The smallest absolute Gasteiger partial charge is 0.144 e. The summed E-state index contributed by atoms with van der Waals surface area (Å²) in [4.78, 5) is 4.39. The molecule has 0 saturated carbocycles. The van der Waals surface area contributed by atoms with Crippen molar-refractivity contribution in [2.24, 2.45) is 0 Å². The second kappa shape index (κ2) is 6.67. The van der Waals surface area contributed by atoms with Gasteiger partial charge in [-0.3, -0.25) is 0 Å². The zero-order valence-corrected chi connectivity index (χ0v) is 13.2. The van der Waals surface area contributed by atoms with Crippen molar-refractivity contribution < 1.29 is 0 Å². The largest absolute Gasteiger partial charge is 0.365 e. The van der Waals surface area contributed by atoms with Crippen LogP contribution in [0.5, 0.6) is 0 Å². The first-order valence-electron chi connectivity index (χ1n) is 7.25. The maximum atomic E-state index is 6.01. The maximum absolute atomic E-state index is 6.01. The molecule has 0 unspecified atom stereocenters. The first-order valence-corrected chi connectivity index (χ1v) is 7.62. The molecule has 0 fully saturated rings. The number of nitrogens with one attached hydrogen (secondary N) is 1. The molecule has 2 aromatic carbocycles. The number of aryl methyl sites for hydroxylation is 1. The van der Waals surface area contributed by atoms with Gasteiger partial charge >= 0.3 is 0 Å². The van der Waals surface area contributed by atoms with Crippen LogP contribution in [0.1, 0.15) is 16.7 Å². The summed E-state index contributed by atoms with van der Waals surface area (Å²) in [5.74, 6) is 0.878. The highest BCUT2D eigenvalue weighted by atomic mass is 35.5. The van der Waals surface area contributed by atoms with Crippen molar-refractivity contribution >= 4 is 17.4 Å². The summed E-state index contributed by atoms with van der Waals surface area (Å²) in [6, 6.07) is 16.3. The fraction of sp³-hybridized carbons (Fsp3) is 0.167. The molecule has 1 aromatic heterocycles. The average molecular weight is 312 g/mol. The molecule has 0 radical (unpaired) electrons. The molecular weight excluding hydrogens is 294 g/mol. The normalized spacial score (nSPS) is 10.6. The number of hydrogen-bond donors (Lipinski definition) is 1. The monoisotopic (exact) mass is 311 g/mol.